The van der Waals surface area contributed by atoms with Crippen molar-refractivity contribution in [1.29, 1.82) is 0 Å². The van der Waals surface area contributed by atoms with E-state index in [2.05, 4.69) is 0 Å². The number of piperidine rings is 1. The molecule has 1 aliphatic carbocycles. The van der Waals surface area contributed by atoms with Crippen LogP contribution in [0.15, 0.2) is 0 Å². The number of hydrogen-bond donors (Lipinski definition) is 0. The summed E-state index contributed by atoms with van der Waals surface area (Å²) in [6.45, 7) is 2.41. The Morgan fingerprint density at radius 3 is 2.52 bits per heavy atom. The molecule has 0 aromatic carbocycles. The highest BCUT2D eigenvalue weighted by Gasteiger charge is 2.44. The molecular formula is C16H26N2O3. The molecule has 0 aromatic heterocycles. The molecule has 0 bridgehead atoms. The van der Waals surface area contributed by atoms with Crippen molar-refractivity contribution < 1.29 is 14.3 Å². The van der Waals surface area contributed by atoms with Crippen LogP contribution in [0.2, 0.25) is 0 Å². The molecule has 2 heterocycles. The number of hydrogen-bond acceptors (Lipinski definition) is 3. The van der Waals surface area contributed by atoms with Gasteiger partial charge in [0.2, 0.25) is 5.91 Å². The maximum Gasteiger partial charge on any atom is 0.410 e. The summed E-state index contributed by atoms with van der Waals surface area (Å²) in [6, 6.07) is -0.303. The Balaban J connectivity index is 1.67. The van der Waals surface area contributed by atoms with E-state index >= 15 is 0 Å². The minimum Gasteiger partial charge on any atom is -0.453 e. The van der Waals surface area contributed by atoms with Crippen LogP contribution in [0.5, 0.6) is 0 Å². The monoisotopic (exact) mass is 294 g/mol. The van der Waals surface area contributed by atoms with Gasteiger partial charge < -0.3 is 9.64 Å². The predicted molar refractivity (Wildman–Crippen MR) is 78.8 cm³/mol. The summed E-state index contributed by atoms with van der Waals surface area (Å²) in [6.07, 6.45) is 8.68. The third-order valence-corrected chi connectivity index (χ3v) is 5.61. The summed E-state index contributed by atoms with van der Waals surface area (Å²) in [5.41, 5.74) is 0.389. The molecule has 5 heteroatoms. The smallest absolute Gasteiger partial charge is 0.410 e. The first-order chi connectivity index (χ1) is 10.2. The van der Waals surface area contributed by atoms with Crippen LogP contribution in [-0.4, -0.2) is 54.6 Å². The molecule has 3 aliphatic rings. The second-order valence-electron chi connectivity index (χ2n) is 6.89. The molecule has 118 valence electrons. The first-order valence-corrected chi connectivity index (χ1v) is 8.29. The Morgan fingerprint density at radius 1 is 1.05 bits per heavy atom. The molecule has 0 radical (unpaired) electrons. The van der Waals surface area contributed by atoms with Crippen LogP contribution in [0.1, 0.15) is 51.4 Å². The lowest BCUT2D eigenvalue weighted by molar-refractivity contribution is -0.136. The lowest BCUT2D eigenvalue weighted by atomic mass is 9.86. The molecule has 2 amide bonds. The maximum absolute atomic E-state index is 12.8. The number of ether oxygens (including phenoxy) is 1. The molecule has 2 saturated heterocycles. The number of carbonyl (C=O) groups is 2. The van der Waals surface area contributed by atoms with Crippen molar-refractivity contribution >= 4 is 12.0 Å². The fourth-order valence-corrected chi connectivity index (χ4v) is 4.39. The molecule has 0 N–H and O–H groups in total. The van der Waals surface area contributed by atoms with Gasteiger partial charge in [-0.25, -0.2) is 4.79 Å². The van der Waals surface area contributed by atoms with Crippen molar-refractivity contribution in [1.82, 2.24) is 9.80 Å². The van der Waals surface area contributed by atoms with E-state index < -0.39 is 0 Å². The van der Waals surface area contributed by atoms with Crippen molar-refractivity contribution in [3.63, 3.8) is 0 Å². The van der Waals surface area contributed by atoms with E-state index in [4.69, 9.17) is 4.74 Å². The van der Waals surface area contributed by atoms with Gasteiger partial charge in [0.15, 0.2) is 0 Å². The zero-order valence-electron chi connectivity index (χ0n) is 13.0. The molecule has 3 rings (SSSR count). The number of methoxy groups -OCH3 is 1. The van der Waals surface area contributed by atoms with E-state index in [1.165, 1.54) is 32.8 Å². The van der Waals surface area contributed by atoms with Gasteiger partial charge in [-0.05, 0) is 43.9 Å². The Morgan fingerprint density at radius 2 is 1.81 bits per heavy atom. The molecule has 2 aliphatic heterocycles. The summed E-state index contributed by atoms with van der Waals surface area (Å²) in [7, 11) is 1.39. The quantitative estimate of drug-likeness (QED) is 0.746. The van der Waals surface area contributed by atoms with Crippen molar-refractivity contribution in [2.75, 3.05) is 26.7 Å². The zero-order chi connectivity index (χ0) is 14.9. The van der Waals surface area contributed by atoms with Crippen LogP contribution in [0.25, 0.3) is 0 Å². The third-order valence-electron chi connectivity index (χ3n) is 5.61. The van der Waals surface area contributed by atoms with Gasteiger partial charge in [0.25, 0.3) is 0 Å². The number of rotatable bonds is 1. The Hall–Kier alpha value is -1.26. The van der Waals surface area contributed by atoms with E-state index in [0.717, 1.165) is 38.8 Å². The number of nitrogens with zero attached hydrogens (tertiary/aromatic N) is 2. The van der Waals surface area contributed by atoms with Gasteiger partial charge in [0.1, 0.15) is 6.04 Å². The largest absolute Gasteiger partial charge is 0.453 e. The van der Waals surface area contributed by atoms with E-state index in [-0.39, 0.29) is 18.0 Å². The SMILES string of the molecule is COC(=O)N1CCCC[C@H]1C(=O)N1CCC2(CCCC2)C1. The number of likely N-dealkylation sites (tertiary alicyclic amines) is 2. The van der Waals surface area contributed by atoms with Gasteiger partial charge >= 0.3 is 6.09 Å². The fourth-order valence-electron chi connectivity index (χ4n) is 4.39. The van der Waals surface area contributed by atoms with Crippen molar-refractivity contribution in [3.8, 4) is 0 Å². The highest BCUT2D eigenvalue weighted by molar-refractivity contribution is 5.86. The van der Waals surface area contributed by atoms with Crippen molar-refractivity contribution in [3.05, 3.63) is 0 Å². The van der Waals surface area contributed by atoms with Crippen LogP contribution >= 0.6 is 0 Å². The summed E-state index contributed by atoms with van der Waals surface area (Å²) in [5, 5.41) is 0. The van der Waals surface area contributed by atoms with Crippen molar-refractivity contribution in [2.45, 2.75) is 57.4 Å². The Kier molecular flexibility index (Phi) is 4.09. The second kappa shape index (κ2) is 5.85. The van der Waals surface area contributed by atoms with Crippen LogP contribution in [-0.2, 0) is 9.53 Å². The van der Waals surface area contributed by atoms with E-state index in [1.54, 1.807) is 4.90 Å². The van der Waals surface area contributed by atoms with Gasteiger partial charge in [-0.1, -0.05) is 12.8 Å². The molecule has 1 atom stereocenters. The van der Waals surface area contributed by atoms with Gasteiger partial charge in [-0.3, -0.25) is 9.69 Å². The highest BCUT2D eigenvalue weighted by Crippen LogP contribution is 2.45. The first kappa shape index (κ1) is 14.7. The zero-order valence-corrected chi connectivity index (χ0v) is 13.0. The summed E-state index contributed by atoms with van der Waals surface area (Å²) >= 11 is 0. The van der Waals surface area contributed by atoms with Gasteiger partial charge in [-0.2, -0.15) is 0 Å². The van der Waals surface area contributed by atoms with Crippen LogP contribution in [0.3, 0.4) is 0 Å². The van der Waals surface area contributed by atoms with Crippen LogP contribution in [0.4, 0.5) is 4.79 Å². The van der Waals surface area contributed by atoms with Gasteiger partial charge in [0, 0.05) is 19.6 Å². The van der Waals surface area contributed by atoms with Gasteiger partial charge in [0.05, 0.1) is 7.11 Å². The van der Waals surface area contributed by atoms with Crippen LogP contribution in [0, 0.1) is 5.41 Å². The molecule has 3 fully saturated rings. The van der Waals surface area contributed by atoms with E-state index in [9.17, 15) is 9.59 Å². The first-order valence-electron chi connectivity index (χ1n) is 8.29. The maximum atomic E-state index is 12.8. The van der Waals surface area contributed by atoms with Crippen LogP contribution < -0.4 is 0 Å². The molecule has 1 saturated carbocycles. The standard InChI is InChI=1S/C16H26N2O3/c1-21-15(20)18-10-5-2-6-13(18)14(19)17-11-9-16(12-17)7-3-4-8-16/h13H,2-12H2,1H3/t13-/m0/s1. The van der Waals surface area contributed by atoms with E-state index in [0.29, 0.717) is 12.0 Å². The Bertz CT molecular complexity index is 418. The Labute approximate surface area is 126 Å². The lowest BCUT2D eigenvalue weighted by Gasteiger charge is -2.36. The summed E-state index contributed by atoms with van der Waals surface area (Å²) < 4.78 is 4.84. The molecule has 21 heavy (non-hydrogen) atoms. The topological polar surface area (TPSA) is 49.9 Å². The van der Waals surface area contributed by atoms with Gasteiger partial charge in [-0.15, -0.1) is 0 Å². The normalized spacial score (nSPS) is 28.1. The minimum atomic E-state index is -0.358. The molecule has 5 nitrogen and oxygen atoms in total. The average molecular weight is 294 g/mol. The van der Waals surface area contributed by atoms with Crippen molar-refractivity contribution in [2.24, 2.45) is 5.41 Å². The number of amides is 2. The molecule has 0 aromatic rings. The number of carbonyl (C=O) groups excluding carboxylic acids is 2. The highest BCUT2D eigenvalue weighted by atomic mass is 16.5. The third kappa shape index (κ3) is 2.74. The average Bonchev–Trinajstić information content (AvgIpc) is 3.16. The fraction of sp³-hybridized carbons (Fsp3) is 0.875. The molecule has 0 unspecified atom stereocenters. The predicted octanol–water partition coefficient (Wildman–Crippen LogP) is 2.40. The van der Waals surface area contributed by atoms with E-state index in [1.807, 2.05) is 4.90 Å². The summed E-state index contributed by atoms with van der Waals surface area (Å²) in [4.78, 5) is 28.4. The molecular weight excluding hydrogens is 268 g/mol. The lowest BCUT2D eigenvalue weighted by Crippen LogP contribution is -2.52. The second-order valence-corrected chi connectivity index (χ2v) is 6.89. The minimum absolute atomic E-state index is 0.142. The molecule has 1 spiro atoms. The summed E-state index contributed by atoms with van der Waals surface area (Å²) in [5.74, 6) is 0.142.